The van der Waals surface area contributed by atoms with E-state index in [-0.39, 0.29) is 25.3 Å². The van der Waals surface area contributed by atoms with E-state index >= 15 is 0 Å². The molecule has 0 saturated heterocycles. The predicted molar refractivity (Wildman–Crippen MR) is 58.8 cm³/mol. The van der Waals surface area contributed by atoms with E-state index in [4.69, 9.17) is 10.2 Å². The molecule has 0 atom stereocenters. The summed E-state index contributed by atoms with van der Waals surface area (Å²) in [6.45, 7) is -0.204. The van der Waals surface area contributed by atoms with Gasteiger partial charge in [0.2, 0.25) is 0 Å². The summed E-state index contributed by atoms with van der Waals surface area (Å²) in [6.07, 6.45) is 1.31. The lowest BCUT2D eigenvalue weighted by atomic mass is 9.91. The topological polar surface area (TPSA) is 108 Å². The number of ether oxygens (including phenoxy) is 1. The van der Waals surface area contributed by atoms with Crippen molar-refractivity contribution >= 4 is 12.2 Å². The van der Waals surface area contributed by atoms with E-state index in [0.717, 1.165) is 12.8 Å². The number of amides is 2. The number of rotatable bonds is 4. The third-order valence-electron chi connectivity index (χ3n) is 2.70. The van der Waals surface area contributed by atoms with Crippen molar-refractivity contribution in [3.63, 3.8) is 0 Å². The summed E-state index contributed by atoms with van der Waals surface area (Å²) in [6, 6.07) is -0.00736. The number of carboxylic acid groups (broad SMARTS) is 1. The highest BCUT2D eigenvalue weighted by atomic mass is 16.6. The molecular formula is C10H18N2O5. The number of alkyl carbamates (subject to hydrolysis) is 1. The summed E-state index contributed by atoms with van der Waals surface area (Å²) >= 11 is 0. The van der Waals surface area contributed by atoms with Gasteiger partial charge < -0.3 is 25.6 Å². The Hall–Kier alpha value is -1.50. The van der Waals surface area contributed by atoms with Crippen molar-refractivity contribution in [2.45, 2.75) is 37.8 Å². The molecular weight excluding hydrogens is 228 g/mol. The summed E-state index contributed by atoms with van der Waals surface area (Å²) in [4.78, 5) is 21.6. The smallest absolute Gasteiger partial charge is 0.407 e. The number of carbonyl (C=O) groups is 2. The van der Waals surface area contributed by atoms with E-state index in [1.165, 1.54) is 0 Å². The Bertz CT molecular complexity index is 263. The maximum Gasteiger partial charge on any atom is 0.407 e. The van der Waals surface area contributed by atoms with Crippen LogP contribution < -0.4 is 10.6 Å². The standard InChI is InChI=1S/C10H18N2O5/c13-5-6-17-10(16)12-8-3-1-7(2-4-8)11-9(14)15/h7-8,11,13H,1-6H2,(H,12,16)(H,14,15). The molecule has 0 heterocycles. The van der Waals surface area contributed by atoms with E-state index in [0.29, 0.717) is 12.8 Å². The fourth-order valence-corrected chi connectivity index (χ4v) is 1.90. The van der Waals surface area contributed by atoms with E-state index < -0.39 is 12.2 Å². The fourth-order valence-electron chi connectivity index (χ4n) is 1.90. The normalized spacial score (nSPS) is 23.8. The van der Waals surface area contributed by atoms with Gasteiger partial charge in [-0.1, -0.05) is 0 Å². The lowest BCUT2D eigenvalue weighted by Gasteiger charge is -2.28. The molecule has 98 valence electrons. The van der Waals surface area contributed by atoms with Gasteiger partial charge in [-0.05, 0) is 25.7 Å². The summed E-state index contributed by atoms with van der Waals surface area (Å²) in [5.41, 5.74) is 0. The molecule has 7 nitrogen and oxygen atoms in total. The SMILES string of the molecule is O=C(O)NC1CCC(NC(=O)OCCO)CC1. The van der Waals surface area contributed by atoms with Gasteiger partial charge in [-0.3, -0.25) is 0 Å². The van der Waals surface area contributed by atoms with Crippen molar-refractivity contribution in [3.8, 4) is 0 Å². The molecule has 7 heteroatoms. The predicted octanol–water partition coefficient (Wildman–Crippen LogP) is 0.284. The minimum absolute atomic E-state index is 0.0122. The zero-order valence-electron chi connectivity index (χ0n) is 9.52. The Kier molecular flexibility index (Phi) is 5.55. The van der Waals surface area contributed by atoms with Crippen molar-refractivity contribution in [3.05, 3.63) is 0 Å². The third-order valence-corrected chi connectivity index (χ3v) is 2.70. The molecule has 1 aliphatic carbocycles. The molecule has 4 N–H and O–H groups in total. The van der Waals surface area contributed by atoms with Crippen LogP contribution in [0.2, 0.25) is 0 Å². The molecule has 1 fully saturated rings. The van der Waals surface area contributed by atoms with Gasteiger partial charge in [0.05, 0.1) is 6.61 Å². The van der Waals surface area contributed by atoms with Gasteiger partial charge in [0.15, 0.2) is 0 Å². The van der Waals surface area contributed by atoms with E-state index in [2.05, 4.69) is 15.4 Å². The molecule has 2 amide bonds. The van der Waals surface area contributed by atoms with Crippen LogP contribution in [0.1, 0.15) is 25.7 Å². The van der Waals surface area contributed by atoms with Crippen LogP contribution in [0.15, 0.2) is 0 Å². The highest BCUT2D eigenvalue weighted by Gasteiger charge is 2.23. The van der Waals surface area contributed by atoms with Gasteiger partial charge in [0, 0.05) is 12.1 Å². The first-order valence-electron chi connectivity index (χ1n) is 5.65. The minimum atomic E-state index is -1.01. The molecule has 1 rings (SSSR count). The molecule has 0 radical (unpaired) electrons. The Balaban J connectivity index is 2.18. The van der Waals surface area contributed by atoms with Crippen molar-refractivity contribution in [2.24, 2.45) is 0 Å². The van der Waals surface area contributed by atoms with Crippen LogP contribution in [0, 0.1) is 0 Å². The quantitative estimate of drug-likeness (QED) is 0.570. The third kappa shape index (κ3) is 5.39. The Morgan fingerprint density at radius 1 is 1.12 bits per heavy atom. The molecule has 0 spiro atoms. The Morgan fingerprint density at radius 2 is 1.65 bits per heavy atom. The lowest BCUT2D eigenvalue weighted by molar-refractivity contribution is 0.113. The molecule has 0 unspecified atom stereocenters. The second-order valence-electron chi connectivity index (χ2n) is 4.00. The zero-order valence-corrected chi connectivity index (χ0v) is 9.52. The number of hydrogen-bond donors (Lipinski definition) is 4. The molecule has 1 aliphatic rings. The average Bonchev–Trinajstić information content (AvgIpc) is 2.28. The van der Waals surface area contributed by atoms with Gasteiger partial charge in [-0.25, -0.2) is 9.59 Å². The monoisotopic (exact) mass is 246 g/mol. The van der Waals surface area contributed by atoms with Crippen molar-refractivity contribution in [2.75, 3.05) is 13.2 Å². The minimum Gasteiger partial charge on any atom is -0.465 e. The largest absolute Gasteiger partial charge is 0.465 e. The second kappa shape index (κ2) is 6.95. The maximum atomic E-state index is 11.2. The van der Waals surface area contributed by atoms with Crippen molar-refractivity contribution in [1.82, 2.24) is 10.6 Å². The highest BCUT2D eigenvalue weighted by molar-refractivity contribution is 5.67. The summed E-state index contributed by atoms with van der Waals surface area (Å²) in [5.74, 6) is 0. The number of carbonyl (C=O) groups excluding carboxylic acids is 1. The first kappa shape index (κ1) is 13.6. The van der Waals surface area contributed by atoms with Crippen LogP contribution in [0.25, 0.3) is 0 Å². The molecule has 1 saturated carbocycles. The van der Waals surface area contributed by atoms with Crippen LogP contribution in [-0.2, 0) is 4.74 Å². The molecule has 0 aromatic carbocycles. The fraction of sp³-hybridized carbons (Fsp3) is 0.800. The Morgan fingerprint density at radius 3 is 2.12 bits per heavy atom. The lowest BCUT2D eigenvalue weighted by Crippen LogP contribution is -2.43. The van der Waals surface area contributed by atoms with Gasteiger partial charge in [0.25, 0.3) is 0 Å². The average molecular weight is 246 g/mol. The maximum absolute atomic E-state index is 11.2. The first-order valence-corrected chi connectivity index (χ1v) is 5.65. The number of hydrogen-bond acceptors (Lipinski definition) is 4. The van der Waals surface area contributed by atoms with Crippen LogP contribution in [0.5, 0.6) is 0 Å². The first-order chi connectivity index (χ1) is 8.11. The van der Waals surface area contributed by atoms with Crippen LogP contribution in [0.4, 0.5) is 9.59 Å². The number of aliphatic hydroxyl groups is 1. The van der Waals surface area contributed by atoms with Crippen molar-refractivity contribution < 1.29 is 24.5 Å². The number of nitrogens with one attached hydrogen (secondary N) is 2. The Labute approximate surface area is 99.1 Å². The zero-order chi connectivity index (χ0) is 12.7. The highest BCUT2D eigenvalue weighted by Crippen LogP contribution is 2.18. The molecule has 0 aliphatic heterocycles. The summed E-state index contributed by atoms with van der Waals surface area (Å²) in [7, 11) is 0. The van der Waals surface area contributed by atoms with Gasteiger partial charge in [-0.2, -0.15) is 0 Å². The van der Waals surface area contributed by atoms with Crippen LogP contribution in [-0.4, -0.2) is 47.7 Å². The van der Waals surface area contributed by atoms with Gasteiger partial charge in [-0.15, -0.1) is 0 Å². The van der Waals surface area contributed by atoms with Gasteiger partial charge in [0.1, 0.15) is 6.61 Å². The van der Waals surface area contributed by atoms with Crippen LogP contribution in [0.3, 0.4) is 0 Å². The molecule has 0 bridgehead atoms. The molecule has 0 aromatic rings. The van der Waals surface area contributed by atoms with E-state index in [1.807, 2.05) is 0 Å². The van der Waals surface area contributed by atoms with Crippen LogP contribution >= 0.6 is 0 Å². The van der Waals surface area contributed by atoms with E-state index in [1.54, 1.807) is 0 Å². The molecule has 17 heavy (non-hydrogen) atoms. The van der Waals surface area contributed by atoms with Gasteiger partial charge >= 0.3 is 12.2 Å². The second-order valence-corrected chi connectivity index (χ2v) is 4.00. The summed E-state index contributed by atoms with van der Waals surface area (Å²) in [5, 5.41) is 22.1. The molecule has 0 aromatic heterocycles. The number of aliphatic hydroxyl groups excluding tert-OH is 1. The summed E-state index contributed by atoms with van der Waals surface area (Å²) < 4.78 is 4.68. The van der Waals surface area contributed by atoms with E-state index in [9.17, 15) is 9.59 Å². The van der Waals surface area contributed by atoms with Crippen molar-refractivity contribution in [1.29, 1.82) is 0 Å².